The van der Waals surface area contributed by atoms with E-state index in [2.05, 4.69) is 4.98 Å². The molecule has 1 aromatic heterocycles. The van der Waals surface area contributed by atoms with E-state index < -0.39 is 5.41 Å². The number of benzene rings is 1. The molecule has 0 aliphatic carbocycles. The van der Waals surface area contributed by atoms with Crippen molar-refractivity contribution in [1.82, 2.24) is 14.8 Å². The minimum absolute atomic E-state index is 0.0104. The third-order valence-electron chi connectivity index (χ3n) is 6.28. The van der Waals surface area contributed by atoms with Crippen LogP contribution in [0.15, 0.2) is 24.3 Å². The molecule has 1 atom stereocenters. The van der Waals surface area contributed by atoms with Gasteiger partial charge in [-0.1, -0.05) is 17.7 Å². The molecule has 2 aliphatic rings. The Morgan fingerprint density at radius 3 is 2.70 bits per heavy atom. The van der Waals surface area contributed by atoms with Gasteiger partial charge in [0.15, 0.2) is 0 Å². The third-order valence-corrected chi connectivity index (χ3v) is 7.57. The molecule has 2 amide bonds. The number of carbonyl (C=O) groups excluding carboxylic acids is 2. The summed E-state index contributed by atoms with van der Waals surface area (Å²) in [6.45, 7) is 7.59. The number of rotatable bonds is 6. The summed E-state index contributed by atoms with van der Waals surface area (Å²) in [6, 6.07) is 7.27. The quantitative estimate of drug-likeness (QED) is 0.611. The smallest absolute Gasteiger partial charge is 0.265 e. The Morgan fingerprint density at radius 1 is 1.21 bits per heavy atom. The molecule has 33 heavy (non-hydrogen) atoms. The van der Waals surface area contributed by atoms with Crippen LogP contribution in [0.1, 0.15) is 39.6 Å². The van der Waals surface area contributed by atoms with Crippen molar-refractivity contribution >= 4 is 34.8 Å². The number of aryl methyl sites for hydroxylation is 2. The van der Waals surface area contributed by atoms with Crippen molar-refractivity contribution in [1.29, 1.82) is 0 Å². The first kappa shape index (κ1) is 24.0. The largest absolute Gasteiger partial charge is 0.493 e. The van der Waals surface area contributed by atoms with Crippen LogP contribution in [0, 0.1) is 19.3 Å². The fraction of sp³-hybridized carbons (Fsp3) is 0.542. The Morgan fingerprint density at radius 2 is 2.00 bits per heavy atom. The topological polar surface area (TPSA) is 72.0 Å². The number of likely N-dealkylation sites (tertiary alicyclic amines) is 1. The van der Waals surface area contributed by atoms with Crippen molar-refractivity contribution in [3.63, 3.8) is 0 Å². The molecule has 1 unspecified atom stereocenters. The van der Waals surface area contributed by atoms with E-state index in [1.165, 1.54) is 11.3 Å². The molecular formula is C24H30ClN3O4S. The number of nitrogens with zero attached hydrogens (tertiary/aromatic N) is 3. The normalized spacial score (nSPS) is 21.2. The first-order valence-electron chi connectivity index (χ1n) is 11.3. The number of ether oxygens (including phenoxy) is 2. The number of hydrogen-bond acceptors (Lipinski definition) is 6. The summed E-state index contributed by atoms with van der Waals surface area (Å²) in [4.78, 5) is 35.4. The number of morpholine rings is 1. The van der Waals surface area contributed by atoms with Gasteiger partial charge in [-0.15, -0.1) is 11.3 Å². The van der Waals surface area contributed by atoms with Gasteiger partial charge >= 0.3 is 0 Å². The van der Waals surface area contributed by atoms with Crippen LogP contribution in [0.2, 0.25) is 5.02 Å². The summed E-state index contributed by atoms with van der Waals surface area (Å²) in [5, 5.41) is 1.48. The SMILES string of the molecule is Cc1nc(C)c(C(=O)N2CCCC(COc3cccc(Cl)c3)(CC(=O)N3CCOCC3)C2)s1. The fourth-order valence-corrected chi connectivity index (χ4v) is 5.67. The molecule has 7 nitrogen and oxygen atoms in total. The molecule has 178 valence electrons. The highest BCUT2D eigenvalue weighted by Crippen LogP contribution is 2.37. The molecule has 4 rings (SSSR count). The van der Waals surface area contributed by atoms with Crippen molar-refractivity contribution in [3.05, 3.63) is 44.9 Å². The standard InChI is InChI=1S/C24H30ClN3O4S/c1-17-22(33-18(2)26-17)23(30)28-8-4-7-24(15-28,14-21(29)27-9-11-31-12-10-27)16-32-20-6-3-5-19(25)13-20/h3,5-6,13H,4,7-12,14-16H2,1-2H3. The lowest BCUT2D eigenvalue weighted by atomic mass is 9.77. The van der Waals surface area contributed by atoms with Crippen LogP contribution in [0.4, 0.5) is 0 Å². The van der Waals surface area contributed by atoms with Gasteiger partial charge in [0, 0.05) is 43.0 Å². The van der Waals surface area contributed by atoms with Crippen molar-refractivity contribution in [2.24, 2.45) is 5.41 Å². The van der Waals surface area contributed by atoms with Gasteiger partial charge in [0.05, 0.1) is 30.5 Å². The monoisotopic (exact) mass is 491 g/mol. The first-order valence-corrected chi connectivity index (χ1v) is 12.5. The van der Waals surface area contributed by atoms with Gasteiger partial charge in [-0.25, -0.2) is 4.98 Å². The van der Waals surface area contributed by atoms with Crippen LogP contribution in [0.5, 0.6) is 5.75 Å². The van der Waals surface area contributed by atoms with E-state index in [9.17, 15) is 9.59 Å². The van der Waals surface area contributed by atoms with E-state index in [4.69, 9.17) is 21.1 Å². The van der Waals surface area contributed by atoms with E-state index >= 15 is 0 Å². The molecule has 0 saturated carbocycles. The zero-order valence-electron chi connectivity index (χ0n) is 19.1. The Balaban J connectivity index is 1.54. The van der Waals surface area contributed by atoms with E-state index in [-0.39, 0.29) is 11.8 Å². The molecule has 2 aliphatic heterocycles. The second kappa shape index (κ2) is 10.4. The van der Waals surface area contributed by atoms with Crippen LogP contribution in [0.3, 0.4) is 0 Å². The van der Waals surface area contributed by atoms with Crippen LogP contribution in [0.25, 0.3) is 0 Å². The van der Waals surface area contributed by atoms with E-state index in [0.29, 0.717) is 68.1 Å². The molecule has 0 bridgehead atoms. The number of halogens is 1. The summed E-state index contributed by atoms with van der Waals surface area (Å²) in [7, 11) is 0. The fourth-order valence-electron chi connectivity index (χ4n) is 4.61. The van der Waals surface area contributed by atoms with Crippen LogP contribution < -0.4 is 4.74 Å². The third kappa shape index (κ3) is 5.86. The number of piperidine rings is 1. The lowest BCUT2D eigenvalue weighted by Gasteiger charge is -2.43. The lowest BCUT2D eigenvalue weighted by molar-refractivity contribution is -0.139. The second-order valence-electron chi connectivity index (χ2n) is 8.89. The van der Waals surface area contributed by atoms with Crippen molar-refractivity contribution in [2.45, 2.75) is 33.1 Å². The molecule has 3 heterocycles. The number of carbonyl (C=O) groups is 2. The van der Waals surface area contributed by atoms with Crippen molar-refractivity contribution in [2.75, 3.05) is 46.0 Å². The Labute approximate surface area is 203 Å². The number of thiazole rings is 1. The first-order chi connectivity index (χ1) is 15.8. The molecule has 0 N–H and O–H groups in total. The Bertz CT molecular complexity index is 1010. The molecule has 2 saturated heterocycles. The van der Waals surface area contributed by atoms with Gasteiger partial charge in [-0.05, 0) is 44.9 Å². The van der Waals surface area contributed by atoms with Gasteiger partial charge in [0.1, 0.15) is 10.6 Å². The van der Waals surface area contributed by atoms with Gasteiger partial charge in [0.2, 0.25) is 5.91 Å². The Hall–Kier alpha value is -2.16. The average Bonchev–Trinajstić information content (AvgIpc) is 3.16. The van der Waals surface area contributed by atoms with Crippen molar-refractivity contribution < 1.29 is 19.1 Å². The maximum absolute atomic E-state index is 13.4. The number of aromatic nitrogens is 1. The van der Waals surface area contributed by atoms with E-state index in [1.54, 1.807) is 12.1 Å². The summed E-state index contributed by atoms with van der Waals surface area (Å²) in [5.41, 5.74) is 0.289. The average molecular weight is 492 g/mol. The summed E-state index contributed by atoms with van der Waals surface area (Å²) in [5.74, 6) is 0.744. The summed E-state index contributed by atoms with van der Waals surface area (Å²) >= 11 is 7.55. The number of hydrogen-bond donors (Lipinski definition) is 0. The van der Waals surface area contributed by atoms with E-state index in [1.807, 2.05) is 35.8 Å². The van der Waals surface area contributed by atoms with Crippen LogP contribution in [-0.4, -0.2) is 72.6 Å². The van der Waals surface area contributed by atoms with Gasteiger partial charge in [-0.2, -0.15) is 0 Å². The molecule has 0 spiro atoms. The summed E-state index contributed by atoms with van der Waals surface area (Å²) < 4.78 is 11.6. The second-order valence-corrected chi connectivity index (χ2v) is 10.5. The van der Waals surface area contributed by atoms with Gasteiger partial charge in [-0.3, -0.25) is 9.59 Å². The highest BCUT2D eigenvalue weighted by atomic mass is 35.5. The van der Waals surface area contributed by atoms with Gasteiger partial charge < -0.3 is 19.3 Å². The van der Waals surface area contributed by atoms with Crippen molar-refractivity contribution in [3.8, 4) is 5.75 Å². The number of amides is 2. The maximum Gasteiger partial charge on any atom is 0.265 e. The molecule has 2 aromatic rings. The molecule has 2 fully saturated rings. The molecular weight excluding hydrogens is 462 g/mol. The molecule has 1 aromatic carbocycles. The minimum Gasteiger partial charge on any atom is -0.493 e. The predicted molar refractivity (Wildman–Crippen MR) is 128 cm³/mol. The maximum atomic E-state index is 13.4. The lowest BCUT2D eigenvalue weighted by Crippen LogP contribution is -2.52. The highest BCUT2D eigenvalue weighted by Gasteiger charge is 2.41. The zero-order valence-corrected chi connectivity index (χ0v) is 20.7. The summed E-state index contributed by atoms with van der Waals surface area (Å²) in [6.07, 6.45) is 1.96. The Kier molecular flexibility index (Phi) is 7.56. The minimum atomic E-state index is -0.473. The molecule has 0 radical (unpaired) electrons. The van der Waals surface area contributed by atoms with Crippen LogP contribution >= 0.6 is 22.9 Å². The van der Waals surface area contributed by atoms with Gasteiger partial charge in [0.25, 0.3) is 5.91 Å². The highest BCUT2D eigenvalue weighted by molar-refractivity contribution is 7.13. The van der Waals surface area contributed by atoms with E-state index in [0.717, 1.165) is 23.5 Å². The predicted octanol–water partition coefficient (Wildman–Crippen LogP) is 3.96. The molecule has 9 heteroatoms. The van der Waals surface area contributed by atoms with Crippen LogP contribution in [-0.2, 0) is 9.53 Å². The zero-order chi connectivity index (χ0) is 23.4.